The molecule has 98 valence electrons. The van der Waals surface area contributed by atoms with Gasteiger partial charge in [-0.3, -0.25) is 20.2 Å². The van der Waals surface area contributed by atoms with Crippen molar-refractivity contribution in [3.63, 3.8) is 0 Å². The van der Waals surface area contributed by atoms with Crippen LogP contribution in [-0.2, 0) is 0 Å². The lowest BCUT2D eigenvalue weighted by molar-refractivity contribution is -0.562. The quantitative estimate of drug-likeness (QED) is 0.605. The largest absolute Gasteiger partial charge is 0.465 e. The molecule has 0 aliphatic rings. The fourth-order valence-corrected chi connectivity index (χ4v) is 1.56. The van der Waals surface area contributed by atoms with E-state index in [9.17, 15) is 20.2 Å². The molecule has 19 heavy (non-hydrogen) atoms. The highest BCUT2D eigenvalue weighted by Gasteiger charge is 2.39. The molecule has 0 saturated heterocycles. The molecule has 2 aromatic heterocycles. The molecule has 0 saturated carbocycles. The van der Waals surface area contributed by atoms with E-state index in [0.29, 0.717) is 0 Å². The number of hydrogen-bond donors (Lipinski definition) is 0. The molecule has 1 atom stereocenters. The van der Waals surface area contributed by atoms with E-state index in [0.717, 1.165) is 6.08 Å². The van der Waals surface area contributed by atoms with Crippen LogP contribution in [0.15, 0.2) is 51.3 Å². The third-order valence-corrected chi connectivity index (χ3v) is 2.35. The van der Waals surface area contributed by atoms with Crippen molar-refractivity contribution < 1.29 is 18.7 Å². The van der Waals surface area contributed by atoms with E-state index >= 15 is 0 Å². The minimum absolute atomic E-state index is 0.112. The van der Waals surface area contributed by atoms with Crippen LogP contribution in [0.3, 0.4) is 0 Å². The molecule has 0 bridgehead atoms. The summed E-state index contributed by atoms with van der Waals surface area (Å²) < 4.78 is 9.82. The molecular weight excluding hydrogens is 256 g/mol. The Balaban J connectivity index is 2.47. The van der Waals surface area contributed by atoms with Gasteiger partial charge in [0.05, 0.1) is 23.5 Å². The zero-order chi connectivity index (χ0) is 13.8. The molecule has 0 aliphatic carbocycles. The summed E-state index contributed by atoms with van der Waals surface area (Å²) in [6, 6.07) is 4.04. The summed E-state index contributed by atoms with van der Waals surface area (Å²) in [5.74, 6) is 0.0459. The molecule has 8 heteroatoms. The fraction of sp³-hybridized carbons (Fsp3) is 0.0909. The van der Waals surface area contributed by atoms with E-state index in [2.05, 4.69) is 0 Å². The summed E-state index contributed by atoms with van der Waals surface area (Å²) in [6.45, 7) is 0. The van der Waals surface area contributed by atoms with E-state index in [1.165, 1.54) is 36.8 Å². The lowest BCUT2D eigenvalue weighted by Crippen LogP contribution is -2.17. The number of hydrogen-bond acceptors (Lipinski definition) is 6. The van der Waals surface area contributed by atoms with Crippen LogP contribution in [0, 0.1) is 20.2 Å². The highest BCUT2D eigenvalue weighted by molar-refractivity contribution is 5.46. The van der Waals surface area contributed by atoms with Crippen LogP contribution in [0.1, 0.15) is 17.6 Å². The Morgan fingerprint density at radius 1 is 1.16 bits per heavy atom. The minimum atomic E-state index is -1.69. The van der Waals surface area contributed by atoms with Crippen molar-refractivity contribution in [2.24, 2.45) is 0 Å². The smallest absolute Gasteiger partial charge is 0.357 e. The maximum Gasteiger partial charge on any atom is 0.357 e. The molecule has 2 heterocycles. The Bertz CT molecular complexity index is 599. The van der Waals surface area contributed by atoms with Crippen molar-refractivity contribution in [2.45, 2.75) is 6.04 Å². The lowest BCUT2D eigenvalue weighted by atomic mass is 10.1. The second kappa shape index (κ2) is 5.17. The van der Waals surface area contributed by atoms with E-state index in [-0.39, 0.29) is 11.5 Å². The summed E-state index contributed by atoms with van der Waals surface area (Å²) >= 11 is 0. The summed E-state index contributed by atoms with van der Waals surface area (Å²) in [7, 11) is 0. The topological polar surface area (TPSA) is 113 Å². The van der Waals surface area contributed by atoms with Crippen molar-refractivity contribution in [1.82, 2.24) is 0 Å². The molecule has 0 spiro atoms. The van der Waals surface area contributed by atoms with Gasteiger partial charge in [0.25, 0.3) is 0 Å². The van der Waals surface area contributed by atoms with E-state index in [1.54, 1.807) is 0 Å². The molecule has 0 N–H and O–H groups in total. The average molecular weight is 264 g/mol. The highest BCUT2D eigenvalue weighted by atomic mass is 16.6. The fourth-order valence-electron chi connectivity index (χ4n) is 1.56. The van der Waals surface area contributed by atoms with Gasteiger partial charge in [0.1, 0.15) is 5.76 Å². The first-order valence-electron chi connectivity index (χ1n) is 5.16. The van der Waals surface area contributed by atoms with Gasteiger partial charge >= 0.3 is 11.7 Å². The molecule has 0 aromatic carbocycles. The third-order valence-electron chi connectivity index (χ3n) is 2.35. The molecule has 0 aliphatic heterocycles. The lowest BCUT2D eigenvalue weighted by Gasteiger charge is -2.03. The van der Waals surface area contributed by atoms with E-state index in [1.807, 2.05) is 0 Å². The van der Waals surface area contributed by atoms with Crippen molar-refractivity contribution >= 4 is 6.08 Å². The Morgan fingerprint density at radius 3 is 2.32 bits per heavy atom. The summed E-state index contributed by atoms with van der Waals surface area (Å²) in [4.78, 5) is 20.5. The maximum atomic E-state index is 11.0. The zero-order valence-electron chi connectivity index (χ0n) is 9.46. The monoisotopic (exact) mass is 264 g/mol. The van der Waals surface area contributed by atoms with Crippen LogP contribution in [0.5, 0.6) is 0 Å². The van der Waals surface area contributed by atoms with Crippen LogP contribution >= 0.6 is 0 Å². The normalized spacial score (nSPS) is 13.2. The number of furan rings is 2. The van der Waals surface area contributed by atoms with Gasteiger partial charge in [-0.25, -0.2) is 0 Å². The van der Waals surface area contributed by atoms with Gasteiger partial charge < -0.3 is 8.83 Å². The first kappa shape index (κ1) is 12.6. The molecule has 0 radical (unpaired) electrons. The van der Waals surface area contributed by atoms with Gasteiger partial charge in [-0.2, -0.15) is 0 Å². The third kappa shape index (κ3) is 2.68. The Morgan fingerprint density at radius 2 is 1.84 bits per heavy atom. The molecule has 2 aromatic rings. The van der Waals surface area contributed by atoms with Gasteiger partial charge in [-0.15, -0.1) is 0 Å². The molecule has 8 nitrogen and oxygen atoms in total. The van der Waals surface area contributed by atoms with Crippen molar-refractivity contribution in [3.05, 3.63) is 74.2 Å². The molecule has 0 fully saturated rings. The maximum absolute atomic E-state index is 11.0. The SMILES string of the molecule is O=[N+]([O-])/C(=C\c1ccco1)C(c1ccco1)[N+](=O)[O-]. The van der Waals surface area contributed by atoms with E-state index < -0.39 is 21.6 Å². The number of rotatable bonds is 5. The van der Waals surface area contributed by atoms with Crippen LogP contribution in [0.25, 0.3) is 6.08 Å². The zero-order valence-corrected chi connectivity index (χ0v) is 9.46. The predicted molar refractivity (Wildman–Crippen MR) is 62.1 cm³/mol. The van der Waals surface area contributed by atoms with Gasteiger partial charge in [-0.05, 0) is 24.3 Å². The summed E-state index contributed by atoms with van der Waals surface area (Å²) in [5.41, 5.74) is -0.630. The van der Waals surface area contributed by atoms with Gasteiger partial charge in [0.2, 0.25) is 0 Å². The molecule has 1 unspecified atom stereocenters. The van der Waals surface area contributed by atoms with Crippen molar-refractivity contribution in [2.75, 3.05) is 0 Å². The molecular formula is C11H8N2O6. The summed E-state index contributed by atoms with van der Waals surface area (Å²) in [5, 5.41) is 22.1. The van der Waals surface area contributed by atoms with Gasteiger partial charge in [0.15, 0.2) is 5.76 Å². The van der Waals surface area contributed by atoms with Crippen molar-refractivity contribution in [3.8, 4) is 0 Å². The second-order valence-electron chi connectivity index (χ2n) is 3.55. The average Bonchev–Trinajstić information content (AvgIpc) is 2.99. The summed E-state index contributed by atoms with van der Waals surface area (Å²) in [6.07, 6.45) is 3.55. The van der Waals surface area contributed by atoms with Crippen LogP contribution in [0.2, 0.25) is 0 Å². The minimum Gasteiger partial charge on any atom is -0.465 e. The van der Waals surface area contributed by atoms with Gasteiger partial charge in [-0.1, -0.05) is 0 Å². The van der Waals surface area contributed by atoms with Gasteiger partial charge in [0, 0.05) is 4.92 Å². The predicted octanol–water partition coefficient (Wildman–Crippen LogP) is 2.51. The Kier molecular flexibility index (Phi) is 3.42. The van der Waals surface area contributed by atoms with Crippen LogP contribution < -0.4 is 0 Å². The number of nitro groups is 2. The number of nitrogens with zero attached hydrogens (tertiary/aromatic N) is 2. The standard InChI is InChI=1S/C11H8N2O6/c14-12(15)9(7-8-3-1-5-18-8)11(13(16)17)10-4-2-6-19-10/h1-7,11H/b9-7-. The molecule has 2 rings (SSSR count). The Hall–Kier alpha value is -2.90. The van der Waals surface area contributed by atoms with Crippen LogP contribution in [-0.4, -0.2) is 9.85 Å². The van der Waals surface area contributed by atoms with Crippen LogP contribution in [0.4, 0.5) is 0 Å². The second-order valence-corrected chi connectivity index (χ2v) is 3.55. The molecule has 0 amide bonds. The Labute approximate surface area is 106 Å². The first-order chi connectivity index (χ1) is 9.09. The van der Waals surface area contributed by atoms with E-state index in [4.69, 9.17) is 8.83 Å². The first-order valence-corrected chi connectivity index (χ1v) is 5.16. The highest BCUT2D eigenvalue weighted by Crippen LogP contribution is 2.27. The van der Waals surface area contributed by atoms with Crippen molar-refractivity contribution in [1.29, 1.82) is 0 Å².